The summed E-state index contributed by atoms with van der Waals surface area (Å²) in [7, 11) is 0. The van der Waals surface area contributed by atoms with Crippen molar-refractivity contribution >= 4 is 11.9 Å². The Labute approximate surface area is 64.1 Å². The molecule has 0 unspecified atom stereocenters. The molecule has 0 saturated heterocycles. The van der Waals surface area contributed by atoms with Crippen LogP contribution in [0.1, 0.15) is 0 Å². The molecule has 0 radical (unpaired) electrons. The molecule has 0 bridgehead atoms. The van der Waals surface area contributed by atoms with Crippen LogP contribution in [0.5, 0.6) is 0 Å². The van der Waals surface area contributed by atoms with Crippen LogP contribution in [-0.4, -0.2) is 35.1 Å². The summed E-state index contributed by atoms with van der Waals surface area (Å²) in [6, 6.07) is -0.885. The van der Waals surface area contributed by atoms with Gasteiger partial charge in [0.25, 0.3) is 5.91 Å². The molecule has 0 heterocycles. The smallest absolute Gasteiger partial charge is 0.321 e. The number of nitrogens with two attached hydrogens (primary N) is 1. The van der Waals surface area contributed by atoms with E-state index in [-0.39, 0.29) is 6.54 Å². The lowest BCUT2D eigenvalue weighted by Crippen LogP contribution is -2.42. The molecule has 0 aromatic heterocycles. The minimum atomic E-state index is -0.885. The molecule has 0 aliphatic carbocycles. The van der Waals surface area contributed by atoms with Crippen LogP contribution in [0.25, 0.3) is 0 Å². The number of primary amides is 1. The highest BCUT2D eigenvalue weighted by atomic mass is 16.3. The molecular weight excluding hydrogens is 148 g/mol. The molecule has 5 heteroatoms. The third kappa shape index (κ3) is 2.81. The fraction of sp³-hybridized carbons (Fsp3) is 0.333. The molecule has 62 valence electrons. The van der Waals surface area contributed by atoms with E-state index in [4.69, 9.17) is 10.8 Å². The number of aliphatic hydroxyl groups excluding tert-OH is 1. The number of hydrogen-bond acceptors (Lipinski definition) is 3. The summed E-state index contributed by atoms with van der Waals surface area (Å²) >= 11 is 0. The Bertz CT molecular complexity index is 179. The van der Waals surface area contributed by atoms with E-state index < -0.39 is 18.5 Å². The monoisotopic (exact) mass is 158 g/mol. The third-order valence-electron chi connectivity index (χ3n) is 1.01. The molecule has 0 saturated carbocycles. The lowest BCUT2D eigenvalue weighted by atomic mass is 10.5. The molecule has 11 heavy (non-hydrogen) atoms. The van der Waals surface area contributed by atoms with Crippen molar-refractivity contribution in [3.63, 3.8) is 0 Å². The van der Waals surface area contributed by atoms with Gasteiger partial charge in [-0.2, -0.15) is 0 Å². The maximum Gasteiger partial charge on any atom is 0.321 e. The Hall–Kier alpha value is -1.36. The van der Waals surface area contributed by atoms with Gasteiger partial charge in [0.1, 0.15) is 6.61 Å². The van der Waals surface area contributed by atoms with Crippen molar-refractivity contribution in [1.29, 1.82) is 0 Å². The first-order valence-corrected chi connectivity index (χ1v) is 2.95. The minimum absolute atomic E-state index is 0.0225. The van der Waals surface area contributed by atoms with Gasteiger partial charge in [-0.25, -0.2) is 4.79 Å². The zero-order valence-corrected chi connectivity index (χ0v) is 5.99. The zero-order valence-electron chi connectivity index (χ0n) is 5.99. The molecule has 0 spiro atoms. The van der Waals surface area contributed by atoms with E-state index in [1.807, 2.05) is 0 Å². The summed E-state index contributed by atoms with van der Waals surface area (Å²) < 4.78 is 0. The summed E-state index contributed by atoms with van der Waals surface area (Å²) in [6.45, 7) is 2.61. The fourth-order valence-electron chi connectivity index (χ4n) is 0.529. The summed E-state index contributed by atoms with van der Waals surface area (Å²) in [6.07, 6.45) is 1.35. The second-order valence-corrected chi connectivity index (χ2v) is 1.79. The summed E-state index contributed by atoms with van der Waals surface area (Å²) in [5.41, 5.74) is 4.81. The molecule has 5 nitrogen and oxygen atoms in total. The van der Waals surface area contributed by atoms with Crippen molar-refractivity contribution < 1.29 is 14.7 Å². The normalized spacial score (nSPS) is 8.82. The van der Waals surface area contributed by atoms with Crippen LogP contribution in [-0.2, 0) is 4.79 Å². The van der Waals surface area contributed by atoms with E-state index in [9.17, 15) is 9.59 Å². The van der Waals surface area contributed by atoms with Crippen molar-refractivity contribution in [1.82, 2.24) is 4.90 Å². The number of aliphatic hydroxyl groups is 1. The SMILES string of the molecule is C=CCN(C(N)=O)C(=O)CO. The first-order valence-electron chi connectivity index (χ1n) is 2.95. The number of carbonyl (C=O) groups excluding carboxylic acids is 2. The van der Waals surface area contributed by atoms with Crippen LogP contribution < -0.4 is 5.73 Å². The van der Waals surface area contributed by atoms with Gasteiger partial charge in [0, 0.05) is 6.54 Å². The molecule has 3 N–H and O–H groups in total. The summed E-state index contributed by atoms with van der Waals surface area (Å²) in [5.74, 6) is -0.725. The average Bonchev–Trinajstić information content (AvgIpc) is 1.98. The molecule has 0 aromatic carbocycles. The number of urea groups is 1. The van der Waals surface area contributed by atoms with Crippen LogP contribution in [0, 0.1) is 0 Å². The predicted molar refractivity (Wildman–Crippen MR) is 38.6 cm³/mol. The first-order chi connectivity index (χ1) is 5.13. The summed E-state index contributed by atoms with van der Waals surface area (Å²) in [5, 5.41) is 8.35. The molecular formula is C6H10N2O3. The van der Waals surface area contributed by atoms with Gasteiger partial charge in [0.15, 0.2) is 0 Å². The predicted octanol–water partition coefficient (Wildman–Crippen LogP) is -0.928. The first kappa shape index (κ1) is 9.64. The van der Waals surface area contributed by atoms with Gasteiger partial charge >= 0.3 is 6.03 Å². The van der Waals surface area contributed by atoms with Gasteiger partial charge in [0.05, 0.1) is 0 Å². The molecule has 0 atom stereocenters. The highest BCUT2D eigenvalue weighted by Gasteiger charge is 2.15. The van der Waals surface area contributed by atoms with Crippen LogP contribution in [0.3, 0.4) is 0 Å². The third-order valence-corrected chi connectivity index (χ3v) is 1.01. The number of amides is 3. The number of imide groups is 1. The topological polar surface area (TPSA) is 83.6 Å². The van der Waals surface area contributed by atoms with Gasteiger partial charge in [-0.1, -0.05) is 6.08 Å². The molecule has 0 aliphatic heterocycles. The second kappa shape index (κ2) is 4.45. The van der Waals surface area contributed by atoms with Crippen LogP contribution in [0.2, 0.25) is 0 Å². The fourth-order valence-corrected chi connectivity index (χ4v) is 0.529. The van der Waals surface area contributed by atoms with E-state index in [1.165, 1.54) is 6.08 Å². The molecule has 0 aliphatic rings. The second-order valence-electron chi connectivity index (χ2n) is 1.79. The Morgan fingerprint density at radius 3 is 2.45 bits per heavy atom. The highest BCUT2D eigenvalue weighted by molar-refractivity contribution is 5.94. The van der Waals surface area contributed by atoms with Crippen molar-refractivity contribution in [2.45, 2.75) is 0 Å². The number of hydrogen-bond donors (Lipinski definition) is 2. The van der Waals surface area contributed by atoms with E-state index >= 15 is 0 Å². The Balaban J connectivity index is 4.20. The molecule has 0 rings (SSSR count). The maximum atomic E-state index is 10.7. The maximum absolute atomic E-state index is 10.7. The number of nitrogens with zero attached hydrogens (tertiary/aromatic N) is 1. The zero-order chi connectivity index (χ0) is 8.85. The Kier molecular flexibility index (Phi) is 3.90. The van der Waals surface area contributed by atoms with Crippen LogP contribution in [0.15, 0.2) is 12.7 Å². The van der Waals surface area contributed by atoms with E-state index in [2.05, 4.69) is 6.58 Å². The highest BCUT2D eigenvalue weighted by Crippen LogP contribution is 1.88. The number of rotatable bonds is 3. The van der Waals surface area contributed by atoms with Crippen molar-refractivity contribution in [2.75, 3.05) is 13.2 Å². The van der Waals surface area contributed by atoms with Crippen molar-refractivity contribution in [3.05, 3.63) is 12.7 Å². The molecule has 0 aromatic rings. The van der Waals surface area contributed by atoms with E-state index in [0.717, 1.165) is 0 Å². The number of carbonyl (C=O) groups is 2. The minimum Gasteiger partial charge on any atom is -0.387 e. The average molecular weight is 158 g/mol. The Morgan fingerprint density at radius 1 is 1.64 bits per heavy atom. The van der Waals surface area contributed by atoms with Crippen LogP contribution in [0.4, 0.5) is 4.79 Å². The largest absolute Gasteiger partial charge is 0.387 e. The Morgan fingerprint density at radius 2 is 2.18 bits per heavy atom. The molecule has 3 amide bonds. The van der Waals surface area contributed by atoms with Gasteiger partial charge < -0.3 is 10.8 Å². The summed E-state index contributed by atoms with van der Waals surface area (Å²) in [4.78, 5) is 21.8. The van der Waals surface area contributed by atoms with Gasteiger partial charge in [0.2, 0.25) is 0 Å². The van der Waals surface area contributed by atoms with Gasteiger partial charge in [-0.15, -0.1) is 6.58 Å². The standard InChI is InChI=1S/C6H10N2O3/c1-2-3-8(6(7)11)5(10)4-9/h2,9H,1,3-4H2,(H2,7,11). The molecule has 0 fully saturated rings. The van der Waals surface area contributed by atoms with E-state index in [1.54, 1.807) is 0 Å². The van der Waals surface area contributed by atoms with Gasteiger partial charge in [-0.3, -0.25) is 9.69 Å². The van der Waals surface area contributed by atoms with E-state index in [0.29, 0.717) is 4.90 Å². The quantitative estimate of drug-likeness (QED) is 0.520. The lowest BCUT2D eigenvalue weighted by Gasteiger charge is -2.13. The lowest BCUT2D eigenvalue weighted by molar-refractivity contribution is -0.130. The van der Waals surface area contributed by atoms with Crippen molar-refractivity contribution in [3.8, 4) is 0 Å². The van der Waals surface area contributed by atoms with Crippen molar-refractivity contribution in [2.24, 2.45) is 5.73 Å². The van der Waals surface area contributed by atoms with Crippen LogP contribution >= 0.6 is 0 Å². The van der Waals surface area contributed by atoms with Gasteiger partial charge in [-0.05, 0) is 0 Å².